The number of para-hydroxylation sites is 1. The standard InChI is InChI=1S/C21H20N2O3/c1-2-22-12-11-16-17(21(22)25)7-5-9-19(16)26-14-20(24)23-13-10-15-6-3-4-8-18(15)23/h3-9,11-12H,2,10,13-14H2,1H3. The molecule has 2 heterocycles. The fourth-order valence-corrected chi connectivity index (χ4v) is 3.48. The summed E-state index contributed by atoms with van der Waals surface area (Å²) in [5.41, 5.74) is 2.10. The molecule has 0 atom stereocenters. The van der Waals surface area contributed by atoms with Crippen LogP contribution < -0.4 is 15.2 Å². The van der Waals surface area contributed by atoms with E-state index < -0.39 is 0 Å². The van der Waals surface area contributed by atoms with Crippen molar-refractivity contribution < 1.29 is 9.53 Å². The Morgan fingerprint density at radius 2 is 1.92 bits per heavy atom. The van der Waals surface area contributed by atoms with Crippen LogP contribution in [0.25, 0.3) is 10.8 Å². The SMILES string of the molecule is CCn1ccc2c(OCC(=O)N3CCc4ccccc43)cccc2c1=O. The van der Waals surface area contributed by atoms with E-state index in [9.17, 15) is 9.59 Å². The average Bonchev–Trinajstić information content (AvgIpc) is 3.11. The van der Waals surface area contributed by atoms with Crippen LogP contribution >= 0.6 is 0 Å². The number of amides is 1. The molecular formula is C21H20N2O3. The number of fused-ring (bicyclic) bond motifs is 2. The minimum Gasteiger partial charge on any atom is -0.483 e. The van der Waals surface area contributed by atoms with Crippen molar-refractivity contribution in [2.75, 3.05) is 18.1 Å². The Morgan fingerprint density at radius 1 is 1.08 bits per heavy atom. The molecule has 1 aliphatic heterocycles. The van der Waals surface area contributed by atoms with E-state index in [-0.39, 0.29) is 18.1 Å². The number of anilines is 1. The number of rotatable bonds is 4. The maximum absolute atomic E-state index is 12.6. The third-order valence-corrected chi connectivity index (χ3v) is 4.86. The van der Waals surface area contributed by atoms with Crippen molar-refractivity contribution >= 4 is 22.4 Å². The predicted octanol–water partition coefficient (Wildman–Crippen LogP) is 2.99. The number of nitrogens with zero attached hydrogens (tertiary/aromatic N) is 2. The molecule has 1 aliphatic rings. The summed E-state index contributed by atoms with van der Waals surface area (Å²) in [7, 11) is 0. The van der Waals surface area contributed by atoms with Crippen molar-refractivity contribution in [2.45, 2.75) is 19.9 Å². The first-order valence-electron chi connectivity index (χ1n) is 8.82. The van der Waals surface area contributed by atoms with E-state index in [1.54, 1.807) is 33.9 Å². The minimum absolute atomic E-state index is 0.0461. The highest BCUT2D eigenvalue weighted by Gasteiger charge is 2.24. The zero-order valence-corrected chi connectivity index (χ0v) is 14.6. The number of ether oxygens (including phenoxy) is 1. The number of carbonyl (C=O) groups excluding carboxylic acids is 1. The van der Waals surface area contributed by atoms with Crippen LogP contribution in [0, 0.1) is 0 Å². The molecule has 0 spiro atoms. The fourth-order valence-electron chi connectivity index (χ4n) is 3.48. The molecule has 0 fully saturated rings. The third-order valence-electron chi connectivity index (χ3n) is 4.86. The lowest BCUT2D eigenvalue weighted by Gasteiger charge is -2.18. The van der Waals surface area contributed by atoms with Gasteiger partial charge < -0.3 is 14.2 Å². The summed E-state index contributed by atoms with van der Waals surface area (Å²) in [4.78, 5) is 26.8. The van der Waals surface area contributed by atoms with Gasteiger partial charge in [-0.3, -0.25) is 9.59 Å². The molecule has 4 rings (SSSR count). The molecule has 0 saturated carbocycles. The molecule has 2 aromatic carbocycles. The van der Waals surface area contributed by atoms with E-state index in [1.165, 1.54) is 5.56 Å². The Bertz CT molecular complexity index is 1040. The van der Waals surface area contributed by atoms with Gasteiger partial charge in [-0.2, -0.15) is 0 Å². The summed E-state index contributed by atoms with van der Waals surface area (Å²) in [6.45, 7) is 3.18. The molecule has 0 bridgehead atoms. The normalized spacial score (nSPS) is 13.0. The van der Waals surface area contributed by atoms with Gasteiger partial charge in [0.2, 0.25) is 0 Å². The van der Waals surface area contributed by atoms with Crippen LogP contribution in [0.4, 0.5) is 5.69 Å². The van der Waals surface area contributed by atoms with Gasteiger partial charge in [0.1, 0.15) is 5.75 Å². The van der Waals surface area contributed by atoms with Gasteiger partial charge in [0.05, 0.1) is 5.39 Å². The molecule has 0 radical (unpaired) electrons. The topological polar surface area (TPSA) is 51.5 Å². The highest BCUT2D eigenvalue weighted by Crippen LogP contribution is 2.28. The van der Waals surface area contributed by atoms with E-state index in [0.29, 0.717) is 24.2 Å². The number of hydrogen-bond donors (Lipinski definition) is 0. The Hall–Kier alpha value is -3.08. The summed E-state index contributed by atoms with van der Waals surface area (Å²) >= 11 is 0. The van der Waals surface area contributed by atoms with Crippen LogP contribution in [0.3, 0.4) is 0 Å². The number of carbonyl (C=O) groups is 1. The lowest BCUT2D eigenvalue weighted by Crippen LogP contribution is -2.33. The summed E-state index contributed by atoms with van der Waals surface area (Å²) in [6, 6.07) is 15.2. The quantitative estimate of drug-likeness (QED) is 0.728. The van der Waals surface area contributed by atoms with Gasteiger partial charge in [-0.05, 0) is 43.2 Å². The van der Waals surface area contributed by atoms with Gasteiger partial charge in [-0.15, -0.1) is 0 Å². The second kappa shape index (κ2) is 6.67. The summed E-state index contributed by atoms with van der Waals surface area (Å²) < 4.78 is 7.45. The number of hydrogen-bond acceptors (Lipinski definition) is 3. The van der Waals surface area contributed by atoms with Crippen LogP contribution in [-0.2, 0) is 17.8 Å². The molecule has 1 amide bonds. The summed E-state index contributed by atoms with van der Waals surface area (Å²) in [5, 5.41) is 1.34. The van der Waals surface area contributed by atoms with E-state index in [0.717, 1.165) is 17.5 Å². The molecule has 0 saturated heterocycles. The minimum atomic E-state index is -0.0751. The zero-order chi connectivity index (χ0) is 18.1. The number of aromatic nitrogens is 1. The molecule has 3 aromatic rings. The van der Waals surface area contributed by atoms with Gasteiger partial charge in [0.25, 0.3) is 11.5 Å². The lowest BCUT2D eigenvalue weighted by atomic mass is 10.1. The van der Waals surface area contributed by atoms with Crippen LogP contribution in [0.15, 0.2) is 59.5 Å². The van der Waals surface area contributed by atoms with Gasteiger partial charge in [0, 0.05) is 30.4 Å². The summed E-state index contributed by atoms with van der Waals surface area (Å²) in [6.07, 6.45) is 2.63. The second-order valence-corrected chi connectivity index (χ2v) is 6.34. The van der Waals surface area contributed by atoms with E-state index in [4.69, 9.17) is 4.74 Å². The Morgan fingerprint density at radius 3 is 2.77 bits per heavy atom. The molecule has 26 heavy (non-hydrogen) atoms. The van der Waals surface area contributed by atoms with Crippen LogP contribution in [-0.4, -0.2) is 23.6 Å². The Kier molecular flexibility index (Phi) is 4.21. The molecule has 1 aromatic heterocycles. The maximum atomic E-state index is 12.6. The zero-order valence-electron chi connectivity index (χ0n) is 14.6. The predicted molar refractivity (Wildman–Crippen MR) is 102 cm³/mol. The van der Waals surface area contributed by atoms with Gasteiger partial charge in [0.15, 0.2) is 6.61 Å². The molecule has 0 aliphatic carbocycles. The Balaban J connectivity index is 1.56. The second-order valence-electron chi connectivity index (χ2n) is 6.34. The van der Waals surface area contributed by atoms with E-state index in [2.05, 4.69) is 0 Å². The molecular weight excluding hydrogens is 328 g/mol. The van der Waals surface area contributed by atoms with Gasteiger partial charge >= 0.3 is 0 Å². The van der Waals surface area contributed by atoms with Crippen LogP contribution in [0.1, 0.15) is 12.5 Å². The highest BCUT2D eigenvalue weighted by atomic mass is 16.5. The molecule has 5 nitrogen and oxygen atoms in total. The third kappa shape index (κ3) is 2.75. The van der Waals surface area contributed by atoms with E-state index in [1.807, 2.05) is 37.3 Å². The fraction of sp³-hybridized carbons (Fsp3) is 0.238. The van der Waals surface area contributed by atoms with E-state index >= 15 is 0 Å². The first-order valence-corrected chi connectivity index (χ1v) is 8.82. The van der Waals surface area contributed by atoms with Crippen molar-refractivity contribution in [3.05, 3.63) is 70.6 Å². The Labute approximate surface area is 151 Å². The average molecular weight is 348 g/mol. The monoisotopic (exact) mass is 348 g/mol. The van der Waals surface area contributed by atoms with Crippen LogP contribution in [0.2, 0.25) is 0 Å². The highest BCUT2D eigenvalue weighted by molar-refractivity contribution is 5.97. The first kappa shape index (κ1) is 16.4. The molecule has 132 valence electrons. The van der Waals surface area contributed by atoms with Crippen LogP contribution in [0.5, 0.6) is 5.75 Å². The van der Waals surface area contributed by atoms with Gasteiger partial charge in [-0.25, -0.2) is 0 Å². The molecule has 5 heteroatoms. The van der Waals surface area contributed by atoms with Crippen molar-refractivity contribution in [1.29, 1.82) is 0 Å². The number of pyridine rings is 1. The van der Waals surface area contributed by atoms with Crippen molar-refractivity contribution in [3.8, 4) is 5.75 Å². The number of aryl methyl sites for hydroxylation is 1. The molecule has 0 N–H and O–H groups in total. The van der Waals surface area contributed by atoms with Crippen molar-refractivity contribution in [1.82, 2.24) is 4.57 Å². The van der Waals surface area contributed by atoms with Crippen molar-refractivity contribution in [2.24, 2.45) is 0 Å². The lowest BCUT2D eigenvalue weighted by molar-refractivity contribution is -0.120. The number of benzene rings is 2. The smallest absolute Gasteiger partial charge is 0.264 e. The first-order chi connectivity index (χ1) is 12.7. The van der Waals surface area contributed by atoms with Gasteiger partial charge in [-0.1, -0.05) is 24.3 Å². The molecule has 0 unspecified atom stereocenters. The largest absolute Gasteiger partial charge is 0.483 e. The maximum Gasteiger partial charge on any atom is 0.264 e. The van der Waals surface area contributed by atoms with Crippen molar-refractivity contribution in [3.63, 3.8) is 0 Å². The summed E-state index contributed by atoms with van der Waals surface area (Å²) in [5.74, 6) is 0.484.